The normalized spacial score (nSPS) is 10.8. The highest BCUT2D eigenvalue weighted by atomic mass is 32.1. The van der Waals surface area contributed by atoms with Gasteiger partial charge >= 0.3 is 0 Å². The zero-order valence-electron chi connectivity index (χ0n) is 13.6. The van der Waals surface area contributed by atoms with E-state index in [1.54, 1.807) is 45.4 Å². The van der Waals surface area contributed by atoms with Crippen molar-refractivity contribution >= 4 is 22.9 Å². The fourth-order valence-corrected chi connectivity index (χ4v) is 3.21. The van der Waals surface area contributed by atoms with Gasteiger partial charge in [-0.2, -0.15) is 5.10 Å². The van der Waals surface area contributed by atoms with Gasteiger partial charge < -0.3 is 9.88 Å². The van der Waals surface area contributed by atoms with Crippen LogP contribution in [0, 0.1) is 5.82 Å². The van der Waals surface area contributed by atoms with Crippen LogP contribution in [0.5, 0.6) is 0 Å². The zero-order chi connectivity index (χ0) is 18.1. The largest absolute Gasteiger partial charge is 0.321 e. The van der Waals surface area contributed by atoms with Gasteiger partial charge in [0, 0.05) is 42.3 Å². The molecule has 1 amide bonds. The van der Waals surface area contributed by atoms with E-state index in [0.29, 0.717) is 16.4 Å². The molecule has 0 atom stereocenters. The third-order valence-corrected chi connectivity index (χ3v) is 4.57. The fraction of sp³-hybridized carbons (Fsp3) is 0.0588. The molecule has 0 spiro atoms. The van der Waals surface area contributed by atoms with Gasteiger partial charge in [0.2, 0.25) is 0 Å². The van der Waals surface area contributed by atoms with Crippen molar-refractivity contribution in [2.24, 2.45) is 7.05 Å². The molecular weight excluding hydrogens is 355 g/mol. The van der Waals surface area contributed by atoms with Crippen LogP contribution in [-0.2, 0) is 7.05 Å². The number of carbonyl (C=O) groups is 1. The second-order valence-electron chi connectivity index (χ2n) is 5.53. The van der Waals surface area contributed by atoms with Gasteiger partial charge in [-0.1, -0.05) is 0 Å². The Morgan fingerprint density at radius 3 is 2.92 bits per heavy atom. The van der Waals surface area contributed by atoms with Gasteiger partial charge in [-0.3, -0.25) is 9.48 Å². The maximum atomic E-state index is 14.3. The molecule has 7 nitrogen and oxygen atoms in total. The Morgan fingerprint density at radius 1 is 1.35 bits per heavy atom. The van der Waals surface area contributed by atoms with Crippen molar-refractivity contribution in [1.29, 1.82) is 0 Å². The number of anilines is 1. The van der Waals surface area contributed by atoms with E-state index in [4.69, 9.17) is 0 Å². The molecule has 26 heavy (non-hydrogen) atoms. The van der Waals surface area contributed by atoms with Crippen molar-refractivity contribution in [2.75, 3.05) is 5.32 Å². The molecule has 4 aromatic rings. The molecule has 1 aromatic carbocycles. The number of halogens is 1. The molecular formula is C17H13FN6OS. The number of aryl methyl sites for hydroxylation is 1. The first-order valence-corrected chi connectivity index (χ1v) is 8.52. The number of nitrogens with one attached hydrogen (secondary N) is 1. The summed E-state index contributed by atoms with van der Waals surface area (Å²) in [6.45, 7) is 0. The van der Waals surface area contributed by atoms with Crippen molar-refractivity contribution in [1.82, 2.24) is 24.3 Å². The molecule has 0 saturated heterocycles. The number of nitrogens with zero attached hydrogens (tertiary/aromatic N) is 5. The highest BCUT2D eigenvalue weighted by molar-refractivity contribution is 7.13. The lowest BCUT2D eigenvalue weighted by molar-refractivity contribution is 0.102. The van der Waals surface area contributed by atoms with E-state index in [9.17, 15) is 9.18 Å². The summed E-state index contributed by atoms with van der Waals surface area (Å²) in [7, 11) is 1.81. The summed E-state index contributed by atoms with van der Waals surface area (Å²) >= 11 is 1.35. The lowest BCUT2D eigenvalue weighted by Crippen LogP contribution is -2.12. The number of aromatic nitrogens is 5. The van der Waals surface area contributed by atoms with Crippen LogP contribution in [0.2, 0.25) is 0 Å². The van der Waals surface area contributed by atoms with Gasteiger partial charge in [0.25, 0.3) is 5.91 Å². The Morgan fingerprint density at radius 2 is 2.23 bits per heavy atom. The first-order valence-electron chi connectivity index (χ1n) is 7.64. The van der Waals surface area contributed by atoms with Crippen molar-refractivity contribution < 1.29 is 9.18 Å². The Kier molecular flexibility index (Phi) is 4.05. The third-order valence-electron chi connectivity index (χ3n) is 3.68. The number of imidazole rings is 1. The summed E-state index contributed by atoms with van der Waals surface area (Å²) in [5, 5.41) is 9.11. The van der Waals surface area contributed by atoms with Gasteiger partial charge in [0.15, 0.2) is 0 Å². The standard InChI is InChI=1S/C17H13FN6OS/c1-23-8-11(7-20-23)17-22-14(9-26-17)16(25)21-12-2-3-15(13(18)6-12)24-5-4-19-10-24/h2-10H,1H3,(H,21,25). The molecule has 0 aliphatic carbocycles. The Bertz CT molecular complexity index is 1070. The Labute approximate surface area is 151 Å². The molecule has 1 N–H and O–H groups in total. The number of carbonyl (C=O) groups excluding carboxylic acids is 1. The van der Waals surface area contributed by atoms with Crippen LogP contribution in [0.1, 0.15) is 10.5 Å². The fourth-order valence-electron chi connectivity index (χ4n) is 2.43. The molecule has 0 saturated carbocycles. The van der Waals surface area contributed by atoms with Crippen LogP contribution in [0.3, 0.4) is 0 Å². The summed E-state index contributed by atoms with van der Waals surface area (Å²) in [5.74, 6) is -0.860. The van der Waals surface area contributed by atoms with E-state index in [-0.39, 0.29) is 5.69 Å². The monoisotopic (exact) mass is 368 g/mol. The van der Waals surface area contributed by atoms with Crippen LogP contribution >= 0.6 is 11.3 Å². The second kappa shape index (κ2) is 6.52. The minimum Gasteiger partial charge on any atom is -0.321 e. The highest BCUT2D eigenvalue weighted by Crippen LogP contribution is 2.24. The zero-order valence-corrected chi connectivity index (χ0v) is 14.4. The van der Waals surface area contributed by atoms with Crippen molar-refractivity contribution in [3.05, 3.63) is 66.2 Å². The van der Waals surface area contributed by atoms with Gasteiger partial charge in [0.05, 0.1) is 18.2 Å². The minimum absolute atomic E-state index is 0.271. The number of hydrogen-bond acceptors (Lipinski definition) is 5. The smallest absolute Gasteiger partial charge is 0.275 e. The molecule has 0 radical (unpaired) electrons. The van der Waals surface area contributed by atoms with Crippen LogP contribution in [-0.4, -0.2) is 30.2 Å². The second-order valence-corrected chi connectivity index (χ2v) is 6.39. The average Bonchev–Trinajstić information content (AvgIpc) is 3.36. The summed E-state index contributed by atoms with van der Waals surface area (Å²) in [4.78, 5) is 20.6. The molecule has 9 heteroatoms. The van der Waals surface area contributed by atoms with E-state index in [1.807, 2.05) is 13.2 Å². The SMILES string of the molecule is Cn1cc(-c2nc(C(=O)Nc3ccc(-n4ccnc4)c(F)c3)cs2)cn1. The van der Waals surface area contributed by atoms with Gasteiger partial charge in [-0.25, -0.2) is 14.4 Å². The molecule has 0 bridgehead atoms. The summed E-state index contributed by atoms with van der Waals surface area (Å²) in [5.41, 5.74) is 1.82. The molecule has 3 heterocycles. The number of thiazole rings is 1. The van der Waals surface area contributed by atoms with Crippen LogP contribution in [0.4, 0.5) is 10.1 Å². The Hall–Kier alpha value is -3.33. The van der Waals surface area contributed by atoms with Gasteiger partial charge in [-0.05, 0) is 18.2 Å². The van der Waals surface area contributed by atoms with Crippen LogP contribution < -0.4 is 5.32 Å². The highest BCUT2D eigenvalue weighted by Gasteiger charge is 2.14. The number of amides is 1. The minimum atomic E-state index is -0.463. The molecule has 0 aliphatic heterocycles. The molecule has 130 valence electrons. The van der Waals surface area contributed by atoms with Gasteiger partial charge in [0.1, 0.15) is 16.5 Å². The van der Waals surface area contributed by atoms with E-state index < -0.39 is 11.7 Å². The summed E-state index contributed by atoms with van der Waals surface area (Å²) < 4.78 is 17.5. The van der Waals surface area contributed by atoms with Crippen LogP contribution in [0.15, 0.2) is 54.7 Å². The van der Waals surface area contributed by atoms with E-state index in [2.05, 4.69) is 20.4 Å². The predicted octanol–water partition coefficient (Wildman–Crippen LogP) is 3.12. The first-order chi connectivity index (χ1) is 12.6. The van der Waals surface area contributed by atoms with Crippen molar-refractivity contribution in [2.45, 2.75) is 0 Å². The summed E-state index contributed by atoms with van der Waals surface area (Å²) in [6, 6.07) is 4.47. The first kappa shape index (κ1) is 16.2. The molecule has 4 rings (SSSR count). The average molecular weight is 368 g/mol. The maximum Gasteiger partial charge on any atom is 0.275 e. The molecule has 0 aliphatic rings. The number of rotatable bonds is 4. The van der Waals surface area contributed by atoms with Crippen LogP contribution in [0.25, 0.3) is 16.3 Å². The lowest BCUT2D eigenvalue weighted by Gasteiger charge is -2.07. The Balaban J connectivity index is 1.52. The van der Waals surface area contributed by atoms with Gasteiger partial charge in [-0.15, -0.1) is 11.3 Å². The van der Waals surface area contributed by atoms with Crippen molar-refractivity contribution in [3.8, 4) is 16.3 Å². The topological polar surface area (TPSA) is 77.6 Å². The molecule has 0 unspecified atom stereocenters. The lowest BCUT2D eigenvalue weighted by atomic mass is 10.2. The van der Waals surface area contributed by atoms with E-state index in [0.717, 1.165) is 5.56 Å². The van der Waals surface area contributed by atoms with E-state index in [1.165, 1.54) is 23.7 Å². The number of benzene rings is 1. The molecule has 0 fully saturated rings. The number of hydrogen-bond donors (Lipinski definition) is 1. The molecule has 3 aromatic heterocycles. The maximum absolute atomic E-state index is 14.3. The van der Waals surface area contributed by atoms with E-state index >= 15 is 0 Å². The third kappa shape index (κ3) is 3.11. The predicted molar refractivity (Wildman–Crippen MR) is 95.8 cm³/mol. The van der Waals surface area contributed by atoms with Crippen molar-refractivity contribution in [3.63, 3.8) is 0 Å². The quantitative estimate of drug-likeness (QED) is 0.600. The summed E-state index contributed by atoms with van der Waals surface area (Å²) in [6.07, 6.45) is 8.23.